The number of benzene rings is 1. The Morgan fingerprint density at radius 3 is 2.36 bits per heavy atom. The normalized spacial score (nSPS) is 15.2. The molecule has 0 fully saturated rings. The van der Waals surface area contributed by atoms with Crippen LogP contribution in [0.2, 0.25) is 0 Å². The number of halogens is 4. The van der Waals surface area contributed by atoms with Gasteiger partial charge in [-0.15, -0.1) is 0 Å². The van der Waals surface area contributed by atoms with Crippen LogP contribution in [0.3, 0.4) is 0 Å². The predicted molar refractivity (Wildman–Crippen MR) is 75.8 cm³/mol. The molecule has 0 atom stereocenters. The second kappa shape index (κ2) is 7.09. The Bertz CT molecular complexity index is 729. The first-order valence-electron chi connectivity index (χ1n) is 6.82. The fourth-order valence-electron chi connectivity index (χ4n) is 2.23. The topological polar surface area (TPSA) is 65.1 Å². The summed E-state index contributed by atoms with van der Waals surface area (Å²) in [5.41, 5.74) is -2.45. The van der Waals surface area contributed by atoms with E-state index in [4.69, 9.17) is 4.74 Å². The van der Waals surface area contributed by atoms with E-state index in [9.17, 15) is 27.2 Å². The Labute approximate surface area is 139 Å². The molecule has 1 aliphatic rings. The van der Waals surface area contributed by atoms with Gasteiger partial charge in [-0.2, -0.15) is 13.2 Å². The molecule has 0 amide bonds. The van der Waals surface area contributed by atoms with E-state index >= 15 is 0 Å². The average Bonchev–Trinajstić information content (AvgIpc) is 2.59. The summed E-state index contributed by atoms with van der Waals surface area (Å²) in [6, 6.07) is 1.69. The molecule has 0 N–H and O–H groups in total. The van der Waals surface area contributed by atoms with Crippen molar-refractivity contribution in [3.05, 3.63) is 40.8 Å². The van der Waals surface area contributed by atoms with Crippen LogP contribution in [-0.4, -0.2) is 39.5 Å². The molecular formula is C15H13F4NO5. The summed E-state index contributed by atoms with van der Waals surface area (Å²) < 4.78 is 67.0. The number of nitrogens with zero attached hydrogens (tertiary/aromatic N) is 1. The van der Waals surface area contributed by atoms with Gasteiger partial charge < -0.3 is 19.1 Å². The summed E-state index contributed by atoms with van der Waals surface area (Å²) in [5.74, 6) is -3.03. The molecular weight excluding hydrogens is 350 g/mol. The number of methoxy groups -OCH3 is 2. The van der Waals surface area contributed by atoms with Crippen molar-refractivity contribution in [3.8, 4) is 0 Å². The number of hydrogen-bond acceptors (Lipinski definition) is 6. The third-order valence-electron chi connectivity index (χ3n) is 3.40. The van der Waals surface area contributed by atoms with Crippen molar-refractivity contribution < 1.29 is 41.4 Å². The van der Waals surface area contributed by atoms with Crippen molar-refractivity contribution in [3.63, 3.8) is 0 Å². The number of esters is 2. The fraction of sp³-hybridized carbons (Fsp3) is 0.333. The first-order chi connectivity index (χ1) is 11.7. The lowest BCUT2D eigenvalue weighted by Crippen LogP contribution is -2.39. The maximum atomic E-state index is 14.1. The molecule has 0 bridgehead atoms. The highest BCUT2D eigenvalue weighted by Crippen LogP contribution is 2.35. The molecule has 10 heteroatoms. The minimum Gasteiger partial charge on any atom is -0.466 e. The zero-order valence-electron chi connectivity index (χ0n) is 13.1. The van der Waals surface area contributed by atoms with Crippen LogP contribution in [0.25, 0.3) is 0 Å². The van der Waals surface area contributed by atoms with Crippen LogP contribution in [0.4, 0.5) is 23.2 Å². The number of carbonyl (C=O) groups excluding carboxylic acids is 2. The van der Waals surface area contributed by atoms with Gasteiger partial charge in [0, 0.05) is 0 Å². The molecule has 1 aromatic carbocycles. The second-order valence-corrected chi connectivity index (χ2v) is 4.88. The van der Waals surface area contributed by atoms with Gasteiger partial charge in [0.2, 0.25) is 0 Å². The van der Waals surface area contributed by atoms with Gasteiger partial charge in [0.05, 0.1) is 37.7 Å². The maximum Gasteiger partial charge on any atom is 0.416 e. The molecule has 0 unspecified atom stereocenters. The number of alkyl halides is 3. The minimum atomic E-state index is -4.72. The van der Waals surface area contributed by atoms with E-state index in [1.54, 1.807) is 0 Å². The van der Waals surface area contributed by atoms with E-state index in [2.05, 4.69) is 9.47 Å². The highest BCUT2D eigenvalue weighted by Gasteiger charge is 2.36. The number of carbonyl (C=O) groups is 2. The third-order valence-corrected chi connectivity index (χ3v) is 3.40. The van der Waals surface area contributed by atoms with Gasteiger partial charge in [0.1, 0.15) is 18.2 Å². The van der Waals surface area contributed by atoms with E-state index in [0.717, 1.165) is 19.1 Å². The van der Waals surface area contributed by atoms with Gasteiger partial charge >= 0.3 is 18.1 Å². The minimum absolute atomic E-state index is 0.294. The largest absolute Gasteiger partial charge is 0.466 e. The highest BCUT2D eigenvalue weighted by atomic mass is 19.4. The fourth-order valence-corrected chi connectivity index (χ4v) is 2.23. The van der Waals surface area contributed by atoms with Crippen LogP contribution in [0, 0.1) is 5.82 Å². The molecule has 136 valence electrons. The van der Waals surface area contributed by atoms with Crippen LogP contribution >= 0.6 is 0 Å². The smallest absolute Gasteiger partial charge is 0.416 e. The van der Waals surface area contributed by atoms with Crippen molar-refractivity contribution in [2.24, 2.45) is 0 Å². The molecule has 0 radical (unpaired) electrons. The Morgan fingerprint density at radius 1 is 1.16 bits per heavy atom. The molecule has 0 saturated heterocycles. The molecule has 0 aromatic heterocycles. The third kappa shape index (κ3) is 3.73. The van der Waals surface area contributed by atoms with Crippen LogP contribution < -0.4 is 4.90 Å². The van der Waals surface area contributed by atoms with Crippen LogP contribution in [-0.2, 0) is 30.0 Å². The zero-order chi connectivity index (χ0) is 18.8. The summed E-state index contributed by atoms with van der Waals surface area (Å²) in [6.45, 7) is -0.794. The summed E-state index contributed by atoms with van der Waals surface area (Å²) in [6.07, 6.45) is -4.72. The maximum absolute atomic E-state index is 14.1. The lowest BCUT2D eigenvalue weighted by Gasteiger charge is -2.31. The molecule has 1 aliphatic heterocycles. The lowest BCUT2D eigenvalue weighted by atomic mass is 10.1. The van der Waals surface area contributed by atoms with Gasteiger partial charge in [-0.05, 0) is 18.2 Å². The standard InChI is InChI=1S/C15H13F4NO5/c1-23-13(21)9-6-25-7-20(12(9)14(22)24-2)11-5-8(15(17,18)19)3-4-10(11)16/h3-5H,6-7H2,1-2H3. The van der Waals surface area contributed by atoms with Gasteiger partial charge in [-0.25, -0.2) is 14.0 Å². The van der Waals surface area contributed by atoms with Crippen molar-refractivity contribution in [1.82, 2.24) is 0 Å². The van der Waals surface area contributed by atoms with Crippen molar-refractivity contribution in [2.75, 3.05) is 32.5 Å². The van der Waals surface area contributed by atoms with Gasteiger partial charge in [-0.3, -0.25) is 0 Å². The molecule has 0 spiro atoms. The summed E-state index contributed by atoms with van der Waals surface area (Å²) in [7, 11) is 2.06. The number of hydrogen-bond donors (Lipinski definition) is 0. The molecule has 0 aliphatic carbocycles. The second-order valence-electron chi connectivity index (χ2n) is 4.88. The first kappa shape index (κ1) is 18.7. The van der Waals surface area contributed by atoms with Gasteiger partial charge in [0.15, 0.2) is 0 Å². The average molecular weight is 363 g/mol. The summed E-state index contributed by atoms with van der Waals surface area (Å²) >= 11 is 0. The molecule has 25 heavy (non-hydrogen) atoms. The Morgan fingerprint density at radius 2 is 1.80 bits per heavy atom. The van der Waals surface area contributed by atoms with E-state index in [0.29, 0.717) is 18.2 Å². The van der Waals surface area contributed by atoms with Gasteiger partial charge in [0.25, 0.3) is 0 Å². The molecule has 1 aromatic rings. The molecule has 6 nitrogen and oxygen atoms in total. The van der Waals surface area contributed by atoms with Crippen molar-refractivity contribution >= 4 is 17.6 Å². The SMILES string of the molecule is COC(=O)C1=C(C(=O)OC)N(c2cc(C(F)(F)F)ccc2F)COC1. The highest BCUT2D eigenvalue weighted by molar-refractivity contribution is 6.03. The Kier molecular flexibility index (Phi) is 5.31. The van der Waals surface area contributed by atoms with E-state index in [-0.39, 0.29) is 12.2 Å². The monoisotopic (exact) mass is 363 g/mol. The first-order valence-corrected chi connectivity index (χ1v) is 6.82. The predicted octanol–water partition coefficient (Wildman–Crippen LogP) is 2.24. The zero-order valence-corrected chi connectivity index (χ0v) is 13.1. The van der Waals surface area contributed by atoms with Crippen LogP contribution in [0.1, 0.15) is 5.56 Å². The lowest BCUT2D eigenvalue weighted by molar-refractivity contribution is -0.140. The van der Waals surface area contributed by atoms with E-state index in [1.165, 1.54) is 0 Å². The van der Waals surface area contributed by atoms with E-state index in [1.807, 2.05) is 0 Å². The van der Waals surface area contributed by atoms with Crippen molar-refractivity contribution in [1.29, 1.82) is 0 Å². The number of rotatable bonds is 3. The Hall–Kier alpha value is -2.62. The quantitative estimate of drug-likeness (QED) is 0.606. The number of ether oxygens (including phenoxy) is 3. The van der Waals surface area contributed by atoms with Crippen LogP contribution in [0.5, 0.6) is 0 Å². The van der Waals surface area contributed by atoms with E-state index < -0.39 is 47.6 Å². The number of anilines is 1. The summed E-state index contributed by atoms with van der Waals surface area (Å²) in [4.78, 5) is 24.7. The molecule has 0 saturated carbocycles. The Balaban J connectivity index is 2.63. The van der Waals surface area contributed by atoms with Crippen LogP contribution in [0.15, 0.2) is 29.5 Å². The molecule has 2 rings (SSSR count). The summed E-state index contributed by atoms with van der Waals surface area (Å²) in [5, 5.41) is 0. The van der Waals surface area contributed by atoms with Gasteiger partial charge in [-0.1, -0.05) is 0 Å². The molecule has 1 heterocycles. The van der Waals surface area contributed by atoms with Crippen molar-refractivity contribution in [2.45, 2.75) is 6.18 Å².